The van der Waals surface area contributed by atoms with Crippen molar-refractivity contribution in [1.29, 1.82) is 0 Å². The zero-order valence-electron chi connectivity index (χ0n) is 11.9. The van der Waals surface area contributed by atoms with E-state index < -0.39 is 49.1 Å². The van der Waals surface area contributed by atoms with E-state index >= 15 is 0 Å². The van der Waals surface area contributed by atoms with Gasteiger partial charge in [0.05, 0.1) is 5.41 Å². The Morgan fingerprint density at radius 1 is 0.905 bits per heavy atom. The van der Waals surface area contributed by atoms with E-state index in [9.17, 15) is 31.5 Å². The summed E-state index contributed by atoms with van der Waals surface area (Å²) in [6.45, 7) is 3.69. The highest BCUT2D eigenvalue weighted by atomic mass is 19.4. The van der Waals surface area contributed by atoms with Gasteiger partial charge in [-0.15, -0.1) is 0 Å². The van der Waals surface area contributed by atoms with Crippen LogP contribution in [0, 0.1) is 5.41 Å². The van der Waals surface area contributed by atoms with Gasteiger partial charge in [-0.1, -0.05) is 6.92 Å². The van der Waals surface area contributed by atoms with Gasteiger partial charge in [-0.05, 0) is 20.3 Å². The average molecular weight is 320 g/mol. The number of ether oxygens (including phenoxy) is 2. The molecule has 0 spiro atoms. The molecule has 0 bridgehead atoms. The number of hydrogen-bond acceptors (Lipinski definition) is 4. The highest BCUT2D eigenvalue weighted by molar-refractivity contribution is 5.77. The first-order chi connectivity index (χ1) is 9.32. The van der Waals surface area contributed by atoms with Crippen molar-refractivity contribution in [2.24, 2.45) is 5.41 Å². The van der Waals surface area contributed by atoms with E-state index in [1.165, 1.54) is 0 Å². The van der Waals surface area contributed by atoms with Gasteiger partial charge < -0.3 is 9.47 Å². The summed E-state index contributed by atoms with van der Waals surface area (Å²) in [7, 11) is 0. The fraction of sp³-hybridized carbons (Fsp3) is 0.833. The molecule has 0 saturated carbocycles. The van der Waals surface area contributed by atoms with E-state index in [1.807, 2.05) is 0 Å². The Bertz CT molecular complexity index is 376. The van der Waals surface area contributed by atoms with Crippen molar-refractivity contribution in [2.75, 3.05) is 13.2 Å². The fourth-order valence-corrected chi connectivity index (χ4v) is 1.04. The summed E-state index contributed by atoms with van der Waals surface area (Å²) in [4.78, 5) is 22.3. The van der Waals surface area contributed by atoms with E-state index in [0.29, 0.717) is 6.42 Å². The number of carbonyl (C=O) groups excluding carboxylic acids is 2. The lowest BCUT2D eigenvalue weighted by molar-refractivity contribution is -0.209. The first kappa shape index (κ1) is 19.6. The van der Waals surface area contributed by atoms with Gasteiger partial charge >= 0.3 is 24.0 Å². The third-order valence-electron chi connectivity index (χ3n) is 2.71. The van der Waals surface area contributed by atoms with Crippen molar-refractivity contribution < 1.29 is 41.0 Å². The lowest BCUT2D eigenvalue weighted by Crippen LogP contribution is -2.36. The molecule has 0 aromatic heterocycles. The molecule has 0 fully saturated rings. The number of carbonyl (C=O) groups is 2. The van der Waals surface area contributed by atoms with Gasteiger partial charge in [-0.2, -0.15) is 22.0 Å². The molecule has 0 saturated heterocycles. The molecule has 9 heteroatoms. The lowest BCUT2D eigenvalue weighted by Gasteiger charge is -2.20. The average Bonchev–Trinajstić information content (AvgIpc) is 2.30. The lowest BCUT2D eigenvalue weighted by atomic mass is 9.91. The Kier molecular flexibility index (Phi) is 6.56. The molecule has 0 amide bonds. The van der Waals surface area contributed by atoms with Crippen molar-refractivity contribution in [3.63, 3.8) is 0 Å². The number of alkyl halides is 5. The molecule has 0 aliphatic heterocycles. The van der Waals surface area contributed by atoms with Gasteiger partial charge in [0.15, 0.2) is 0 Å². The first-order valence-electron chi connectivity index (χ1n) is 6.11. The predicted octanol–water partition coefficient (Wildman–Crippen LogP) is 3.10. The van der Waals surface area contributed by atoms with Crippen LogP contribution in [0.3, 0.4) is 0 Å². The molecule has 21 heavy (non-hydrogen) atoms. The molecule has 0 radical (unpaired) electrons. The first-order valence-corrected chi connectivity index (χ1v) is 6.11. The summed E-state index contributed by atoms with van der Waals surface area (Å²) in [6, 6.07) is 0. The number of hydrogen-bond donors (Lipinski definition) is 0. The topological polar surface area (TPSA) is 52.6 Å². The second-order valence-corrected chi connectivity index (χ2v) is 5.01. The second-order valence-electron chi connectivity index (χ2n) is 5.01. The van der Waals surface area contributed by atoms with E-state index in [0.717, 1.165) is 0 Å². The van der Waals surface area contributed by atoms with Crippen LogP contribution in [0.4, 0.5) is 22.0 Å². The number of esters is 2. The van der Waals surface area contributed by atoms with Crippen molar-refractivity contribution in [3.8, 4) is 0 Å². The fourth-order valence-electron chi connectivity index (χ4n) is 1.04. The van der Waals surface area contributed by atoms with Crippen LogP contribution < -0.4 is 0 Å². The summed E-state index contributed by atoms with van der Waals surface area (Å²) >= 11 is 0. The maximum absolute atomic E-state index is 12.8. The van der Waals surface area contributed by atoms with Crippen LogP contribution in [-0.2, 0) is 19.1 Å². The van der Waals surface area contributed by atoms with Gasteiger partial charge in [0.2, 0.25) is 0 Å². The predicted molar refractivity (Wildman–Crippen MR) is 61.6 cm³/mol. The standard InChI is InChI=1S/C12H17F5O4/c1-4-10(2,3)8(18)20-5-6-21-9(19)11(13,14)7-12(15,16)17/h4-7H2,1-3H3. The van der Waals surface area contributed by atoms with Crippen LogP contribution in [0.15, 0.2) is 0 Å². The van der Waals surface area contributed by atoms with Crippen LogP contribution in [0.2, 0.25) is 0 Å². The Morgan fingerprint density at radius 2 is 1.33 bits per heavy atom. The SMILES string of the molecule is CCC(C)(C)C(=O)OCCOC(=O)C(F)(F)CC(F)(F)F. The summed E-state index contributed by atoms with van der Waals surface area (Å²) in [5.41, 5.74) is -0.787. The van der Waals surface area contributed by atoms with Gasteiger partial charge in [0.1, 0.15) is 19.6 Å². The molecule has 0 unspecified atom stereocenters. The number of halogens is 5. The van der Waals surface area contributed by atoms with Crippen LogP contribution >= 0.6 is 0 Å². The maximum atomic E-state index is 12.8. The minimum atomic E-state index is -5.19. The minimum Gasteiger partial charge on any atom is -0.462 e. The summed E-state index contributed by atoms with van der Waals surface area (Å²) in [5, 5.41) is 0. The van der Waals surface area contributed by atoms with Crippen molar-refractivity contribution in [2.45, 2.75) is 45.7 Å². The molecule has 0 aliphatic carbocycles. The molecule has 4 nitrogen and oxygen atoms in total. The highest BCUT2D eigenvalue weighted by Gasteiger charge is 2.50. The minimum absolute atomic E-state index is 0.468. The molecule has 0 aromatic rings. The Hall–Kier alpha value is -1.41. The molecule has 0 aliphatic rings. The molecule has 0 N–H and O–H groups in total. The zero-order valence-corrected chi connectivity index (χ0v) is 11.9. The molecular formula is C12H17F5O4. The van der Waals surface area contributed by atoms with Gasteiger partial charge in [0.25, 0.3) is 0 Å². The molecule has 0 atom stereocenters. The molecule has 0 rings (SSSR count). The summed E-state index contributed by atoms with van der Waals surface area (Å²) in [6.07, 6.45) is -7.32. The Morgan fingerprint density at radius 3 is 1.71 bits per heavy atom. The maximum Gasteiger partial charge on any atom is 0.395 e. The Balaban J connectivity index is 4.19. The second kappa shape index (κ2) is 7.04. The van der Waals surface area contributed by atoms with E-state index in [-0.39, 0.29) is 0 Å². The van der Waals surface area contributed by atoms with Crippen molar-refractivity contribution >= 4 is 11.9 Å². The van der Waals surface area contributed by atoms with Crippen LogP contribution in [0.5, 0.6) is 0 Å². The molecule has 124 valence electrons. The largest absolute Gasteiger partial charge is 0.462 e. The van der Waals surface area contributed by atoms with Crippen LogP contribution in [0.25, 0.3) is 0 Å². The highest BCUT2D eigenvalue weighted by Crippen LogP contribution is 2.32. The van der Waals surface area contributed by atoms with E-state index in [2.05, 4.69) is 9.47 Å². The smallest absolute Gasteiger partial charge is 0.395 e. The molecule has 0 heterocycles. The van der Waals surface area contributed by atoms with Crippen LogP contribution in [0.1, 0.15) is 33.6 Å². The zero-order chi connectivity index (χ0) is 16.9. The summed E-state index contributed by atoms with van der Waals surface area (Å²) in [5.74, 6) is -7.58. The third-order valence-corrected chi connectivity index (χ3v) is 2.71. The third kappa shape index (κ3) is 7.24. The van der Waals surface area contributed by atoms with Gasteiger partial charge in [0, 0.05) is 0 Å². The number of rotatable bonds is 7. The van der Waals surface area contributed by atoms with Crippen molar-refractivity contribution in [1.82, 2.24) is 0 Å². The Labute approximate surface area is 118 Å². The van der Waals surface area contributed by atoms with E-state index in [4.69, 9.17) is 0 Å². The monoisotopic (exact) mass is 320 g/mol. The molecule has 0 aromatic carbocycles. The normalized spacial score (nSPS) is 13.0. The summed E-state index contributed by atoms with van der Waals surface area (Å²) < 4.78 is 69.8. The molecular weight excluding hydrogens is 303 g/mol. The van der Waals surface area contributed by atoms with E-state index in [1.54, 1.807) is 20.8 Å². The quantitative estimate of drug-likeness (QED) is 0.411. The van der Waals surface area contributed by atoms with Gasteiger partial charge in [-0.3, -0.25) is 4.79 Å². The van der Waals surface area contributed by atoms with Crippen LogP contribution in [-0.4, -0.2) is 37.3 Å². The van der Waals surface area contributed by atoms with Gasteiger partial charge in [-0.25, -0.2) is 4.79 Å². The van der Waals surface area contributed by atoms with Crippen molar-refractivity contribution in [3.05, 3.63) is 0 Å².